The van der Waals surface area contributed by atoms with Crippen molar-refractivity contribution in [1.82, 2.24) is 14.9 Å². The third kappa shape index (κ3) is 3.37. The SMILES string of the molecule is CO[C@@H](C)[C@@]12C[C@H](C)C[C@@H](C1)N2C(=O)Nc1ccc(C)c(-c2ncc(F)cn2)c1. The number of urea groups is 1. The van der Waals surface area contributed by atoms with Crippen molar-refractivity contribution in [2.24, 2.45) is 5.92 Å². The lowest BCUT2D eigenvalue weighted by Gasteiger charge is -2.65. The number of carbonyl (C=O) groups is 1. The molecule has 0 radical (unpaired) electrons. The van der Waals surface area contributed by atoms with Crippen LogP contribution in [0.15, 0.2) is 30.6 Å². The highest BCUT2D eigenvalue weighted by Crippen LogP contribution is 2.52. The number of carbonyl (C=O) groups excluding carboxylic acids is 1. The van der Waals surface area contributed by atoms with Gasteiger partial charge in [0.2, 0.25) is 0 Å². The Hall–Kier alpha value is -2.54. The number of aryl methyl sites for hydroxylation is 1. The van der Waals surface area contributed by atoms with Crippen LogP contribution in [0.5, 0.6) is 0 Å². The highest BCUT2D eigenvalue weighted by Gasteiger charge is 2.61. The minimum absolute atomic E-state index is 0.0200. The summed E-state index contributed by atoms with van der Waals surface area (Å²) in [5, 5.41) is 3.04. The fourth-order valence-electron chi connectivity index (χ4n) is 5.06. The van der Waals surface area contributed by atoms with E-state index >= 15 is 0 Å². The van der Waals surface area contributed by atoms with Crippen molar-refractivity contribution in [3.05, 3.63) is 42.0 Å². The molecule has 154 valence electrons. The quantitative estimate of drug-likeness (QED) is 0.829. The monoisotopic (exact) mass is 398 g/mol. The van der Waals surface area contributed by atoms with Crippen molar-refractivity contribution >= 4 is 11.7 Å². The molecule has 0 unspecified atom stereocenters. The Balaban J connectivity index is 1.57. The first-order valence-corrected chi connectivity index (χ1v) is 10.1. The molecule has 29 heavy (non-hydrogen) atoms. The molecule has 2 heterocycles. The molecule has 1 saturated heterocycles. The molecular formula is C22H27FN4O2. The summed E-state index contributed by atoms with van der Waals surface area (Å²) in [6, 6.07) is 5.76. The van der Waals surface area contributed by atoms with Gasteiger partial charge in [-0.25, -0.2) is 19.2 Å². The molecule has 1 N–H and O–H groups in total. The maximum atomic E-state index is 13.2. The molecule has 2 fully saturated rings. The minimum atomic E-state index is -0.480. The van der Waals surface area contributed by atoms with Crippen LogP contribution in [0.2, 0.25) is 0 Å². The second-order valence-corrected chi connectivity index (χ2v) is 8.44. The summed E-state index contributed by atoms with van der Waals surface area (Å²) < 4.78 is 18.8. The lowest BCUT2D eigenvalue weighted by molar-refractivity contribution is -0.155. The Morgan fingerprint density at radius 1 is 1.34 bits per heavy atom. The number of likely N-dealkylation sites (tertiary alicyclic amines) is 1. The number of benzene rings is 1. The summed E-state index contributed by atoms with van der Waals surface area (Å²) >= 11 is 0. The predicted octanol–water partition coefficient (Wildman–Crippen LogP) is 4.40. The molecule has 1 aromatic carbocycles. The molecule has 6 nitrogen and oxygen atoms in total. The van der Waals surface area contributed by atoms with Crippen LogP contribution in [0.3, 0.4) is 0 Å². The smallest absolute Gasteiger partial charge is 0.322 e. The molecule has 4 rings (SSSR count). The van der Waals surface area contributed by atoms with E-state index in [9.17, 15) is 9.18 Å². The molecule has 1 aliphatic carbocycles. The lowest BCUT2D eigenvalue weighted by Crippen LogP contribution is -2.76. The van der Waals surface area contributed by atoms with Gasteiger partial charge in [0.1, 0.15) is 0 Å². The summed E-state index contributed by atoms with van der Waals surface area (Å²) in [6.07, 6.45) is 5.23. The fraction of sp³-hybridized carbons (Fsp3) is 0.500. The van der Waals surface area contributed by atoms with Gasteiger partial charge in [0.15, 0.2) is 11.6 Å². The zero-order valence-electron chi connectivity index (χ0n) is 17.3. The van der Waals surface area contributed by atoms with Crippen molar-refractivity contribution in [2.45, 2.75) is 57.7 Å². The van der Waals surface area contributed by atoms with Gasteiger partial charge in [-0.1, -0.05) is 13.0 Å². The molecule has 2 bridgehead atoms. The van der Waals surface area contributed by atoms with Gasteiger partial charge in [0, 0.05) is 24.4 Å². The minimum Gasteiger partial charge on any atom is -0.379 e. The van der Waals surface area contributed by atoms with Crippen molar-refractivity contribution in [3.63, 3.8) is 0 Å². The van der Waals surface area contributed by atoms with Crippen LogP contribution in [-0.2, 0) is 4.74 Å². The van der Waals surface area contributed by atoms with Crippen molar-refractivity contribution in [3.8, 4) is 11.4 Å². The summed E-state index contributed by atoms with van der Waals surface area (Å²) in [4.78, 5) is 23.3. The molecule has 0 spiro atoms. The Kier molecular flexibility index (Phi) is 5.02. The molecule has 4 atom stereocenters. The van der Waals surface area contributed by atoms with E-state index in [1.165, 1.54) is 0 Å². The topological polar surface area (TPSA) is 67.3 Å². The highest BCUT2D eigenvalue weighted by atomic mass is 19.1. The normalized spacial score (nSPS) is 26.6. The summed E-state index contributed by atoms with van der Waals surface area (Å²) in [5.41, 5.74) is 2.14. The van der Waals surface area contributed by atoms with Crippen LogP contribution in [0.1, 0.15) is 38.7 Å². The average molecular weight is 398 g/mol. The van der Waals surface area contributed by atoms with Gasteiger partial charge in [-0.05, 0) is 56.7 Å². The van der Waals surface area contributed by atoms with Gasteiger partial charge in [0.05, 0.1) is 24.0 Å². The molecule has 7 heteroatoms. The zero-order valence-corrected chi connectivity index (χ0v) is 17.3. The maximum Gasteiger partial charge on any atom is 0.322 e. The molecule has 2 amide bonds. The third-order valence-electron chi connectivity index (χ3n) is 6.49. The van der Waals surface area contributed by atoms with Gasteiger partial charge in [-0.3, -0.25) is 0 Å². The van der Waals surface area contributed by atoms with Crippen molar-refractivity contribution in [1.29, 1.82) is 0 Å². The first kappa shape index (κ1) is 19.8. The van der Waals surface area contributed by atoms with Crippen LogP contribution in [0.25, 0.3) is 11.4 Å². The fourth-order valence-corrected chi connectivity index (χ4v) is 5.06. The number of rotatable bonds is 4. The number of piperidine rings is 1. The van der Waals surface area contributed by atoms with Gasteiger partial charge in [0.25, 0.3) is 0 Å². The van der Waals surface area contributed by atoms with Crippen LogP contribution in [0.4, 0.5) is 14.9 Å². The van der Waals surface area contributed by atoms with Crippen LogP contribution in [-0.4, -0.2) is 45.7 Å². The summed E-state index contributed by atoms with van der Waals surface area (Å²) in [6.45, 7) is 6.22. The second-order valence-electron chi connectivity index (χ2n) is 8.44. The summed E-state index contributed by atoms with van der Waals surface area (Å²) in [5.74, 6) is 0.531. The number of anilines is 1. The number of fused-ring (bicyclic) bond motifs is 2. The van der Waals surface area contributed by atoms with Crippen LogP contribution >= 0.6 is 0 Å². The van der Waals surface area contributed by atoms with Gasteiger partial charge >= 0.3 is 6.03 Å². The number of methoxy groups -OCH3 is 1. The zero-order chi connectivity index (χ0) is 20.8. The van der Waals surface area contributed by atoms with E-state index in [0.717, 1.165) is 42.8 Å². The molecule has 1 saturated carbocycles. The number of halogens is 1. The number of aromatic nitrogens is 2. The van der Waals surface area contributed by atoms with Gasteiger partial charge in [-0.2, -0.15) is 0 Å². The second kappa shape index (κ2) is 7.37. The predicted molar refractivity (Wildman–Crippen MR) is 109 cm³/mol. The Bertz CT molecular complexity index is 920. The van der Waals surface area contributed by atoms with E-state index in [1.807, 2.05) is 36.9 Å². The maximum absolute atomic E-state index is 13.2. The Morgan fingerprint density at radius 2 is 2.07 bits per heavy atom. The number of hydrogen-bond donors (Lipinski definition) is 1. The molecule has 1 aliphatic heterocycles. The van der Waals surface area contributed by atoms with Crippen LogP contribution < -0.4 is 5.32 Å². The first-order chi connectivity index (χ1) is 13.8. The number of hydrogen-bond acceptors (Lipinski definition) is 4. The molecule has 2 aromatic rings. The van der Waals surface area contributed by atoms with E-state index in [2.05, 4.69) is 22.2 Å². The van der Waals surface area contributed by atoms with Crippen LogP contribution in [0, 0.1) is 18.7 Å². The van der Waals surface area contributed by atoms with E-state index in [1.54, 1.807) is 7.11 Å². The van der Waals surface area contributed by atoms with Crippen molar-refractivity contribution in [2.75, 3.05) is 12.4 Å². The Labute approximate surface area is 170 Å². The molecular weight excluding hydrogens is 371 g/mol. The van der Waals surface area contributed by atoms with Crippen molar-refractivity contribution < 1.29 is 13.9 Å². The third-order valence-corrected chi connectivity index (χ3v) is 6.49. The number of amides is 2. The average Bonchev–Trinajstić information content (AvgIpc) is 2.68. The van der Waals surface area contributed by atoms with Gasteiger partial charge < -0.3 is 15.0 Å². The standard InChI is InChI=1S/C22H27FN4O2/c1-13-7-18-10-22(9-13,15(3)29-4)27(18)21(28)26-17-6-5-14(2)19(8-17)20-24-11-16(23)12-25-20/h5-6,8,11-13,15,18H,7,9-10H2,1-4H3,(H,26,28)/t13-,15+,18+,22-/m1/s1. The molecule has 2 aliphatic rings. The number of nitrogens with one attached hydrogen (secondary N) is 1. The first-order valence-electron chi connectivity index (χ1n) is 10.1. The van der Waals surface area contributed by atoms with E-state index in [4.69, 9.17) is 4.74 Å². The molecule has 1 aromatic heterocycles. The summed E-state index contributed by atoms with van der Waals surface area (Å²) in [7, 11) is 1.71. The highest BCUT2D eigenvalue weighted by molar-refractivity contribution is 5.92. The lowest BCUT2D eigenvalue weighted by atomic mass is 9.62. The van der Waals surface area contributed by atoms with E-state index < -0.39 is 5.82 Å². The largest absolute Gasteiger partial charge is 0.379 e. The Morgan fingerprint density at radius 3 is 2.76 bits per heavy atom. The van der Waals surface area contributed by atoms with E-state index in [-0.39, 0.29) is 23.7 Å². The number of nitrogens with zero attached hydrogens (tertiary/aromatic N) is 3. The van der Waals surface area contributed by atoms with Gasteiger partial charge in [-0.15, -0.1) is 0 Å². The van der Waals surface area contributed by atoms with E-state index in [0.29, 0.717) is 17.4 Å². The number of ether oxygens (including phenoxy) is 1.